The van der Waals surface area contributed by atoms with Crippen LogP contribution in [-0.4, -0.2) is 35.8 Å². The maximum atomic E-state index is 13.3. The van der Waals surface area contributed by atoms with Crippen molar-refractivity contribution in [3.8, 4) is 0 Å². The molecule has 0 aromatic heterocycles. The number of nitrogens with zero attached hydrogens (tertiary/aromatic N) is 1. The molecule has 1 aliphatic heterocycles. The molecule has 1 atom stereocenters. The number of halogens is 1. The van der Waals surface area contributed by atoms with E-state index in [9.17, 15) is 14.0 Å². The smallest absolute Gasteiger partial charge is 0.246 e. The molecule has 1 heterocycles. The molecule has 0 spiro atoms. The fourth-order valence-electron chi connectivity index (χ4n) is 4.41. The normalized spacial score (nSPS) is 15.4. The molecule has 6 heteroatoms. The molecule has 0 saturated carbocycles. The monoisotopic (exact) mass is 459 g/mol. The first-order chi connectivity index (χ1) is 16.6. The van der Waals surface area contributed by atoms with Crippen LogP contribution in [0.1, 0.15) is 36.4 Å². The summed E-state index contributed by atoms with van der Waals surface area (Å²) in [6, 6.07) is 25.1. The third-order valence-corrected chi connectivity index (χ3v) is 6.22. The van der Waals surface area contributed by atoms with Crippen LogP contribution in [0.5, 0.6) is 0 Å². The van der Waals surface area contributed by atoms with Gasteiger partial charge in [0.2, 0.25) is 11.8 Å². The Labute approximate surface area is 200 Å². The summed E-state index contributed by atoms with van der Waals surface area (Å²) in [5.74, 6) is -0.426. The lowest BCUT2D eigenvalue weighted by atomic mass is 9.98. The average Bonchev–Trinajstić information content (AvgIpc) is 2.87. The van der Waals surface area contributed by atoms with Gasteiger partial charge in [-0.3, -0.25) is 14.5 Å². The Hall–Kier alpha value is -3.51. The van der Waals surface area contributed by atoms with Gasteiger partial charge in [0.05, 0.1) is 0 Å². The molecule has 0 bridgehead atoms. The summed E-state index contributed by atoms with van der Waals surface area (Å²) in [4.78, 5) is 27.9. The zero-order chi connectivity index (χ0) is 23.8. The van der Waals surface area contributed by atoms with Crippen LogP contribution in [0.15, 0.2) is 84.9 Å². The minimum atomic E-state index is -0.457. The van der Waals surface area contributed by atoms with Crippen molar-refractivity contribution in [1.82, 2.24) is 10.2 Å². The lowest BCUT2D eigenvalue weighted by molar-refractivity contribution is -0.124. The summed E-state index contributed by atoms with van der Waals surface area (Å²) < 4.78 is 13.2. The van der Waals surface area contributed by atoms with Crippen LogP contribution in [0, 0.1) is 5.82 Å². The second kappa shape index (κ2) is 11.6. The summed E-state index contributed by atoms with van der Waals surface area (Å²) >= 11 is 0. The van der Waals surface area contributed by atoms with Gasteiger partial charge in [-0.15, -0.1) is 0 Å². The summed E-state index contributed by atoms with van der Waals surface area (Å²) in [6.45, 7) is 1.39. The Morgan fingerprint density at radius 3 is 2.15 bits per heavy atom. The number of benzene rings is 3. The molecule has 0 aliphatic carbocycles. The minimum Gasteiger partial charge on any atom is -0.353 e. The predicted molar refractivity (Wildman–Crippen MR) is 132 cm³/mol. The lowest BCUT2D eigenvalue weighted by Crippen LogP contribution is -2.48. The van der Waals surface area contributed by atoms with Crippen LogP contribution >= 0.6 is 0 Å². The number of amides is 2. The van der Waals surface area contributed by atoms with Crippen LogP contribution in [0.25, 0.3) is 0 Å². The van der Waals surface area contributed by atoms with Crippen molar-refractivity contribution in [1.29, 1.82) is 0 Å². The summed E-state index contributed by atoms with van der Waals surface area (Å²) in [7, 11) is 0. The van der Waals surface area contributed by atoms with Gasteiger partial charge in [-0.2, -0.15) is 0 Å². The molecule has 0 radical (unpaired) electrons. The van der Waals surface area contributed by atoms with E-state index in [0.717, 1.165) is 30.4 Å². The largest absolute Gasteiger partial charge is 0.353 e. The molecule has 1 fully saturated rings. The third kappa shape index (κ3) is 6.51. The second-order valence-electron chi connectivity index (χ2n) is 8.67. The van der Waals surface area contributed by atoms with Gasteiger partial charge in [0, 0.05) is 31.2 Å². The second-order valence-corrected chi connectivity index (χ2v) is 8.67. The Bertz CT molecular complexity index is 1070. The number of rotatable bonds is 8. The van der Waals surface area contributed by atoms with E-state index in [-0.39, 0.29) is 23.7 Å². The van der Waals surface area contributed by atoms with Crippen LogP contribution in [0.2, 0.25) is 0 Å². The highest BCUT2D eigenvalue weighted by atomic mass is 19.1. The van der Waals surface area contributed by atoms with Crippen LogP contribution in [-0.2, 0) is 16.0 Å². The van der Waals surface area contributed by atoms with Crippen molar-refractivity contribution in [2.24, 2.45) is 0 Å². The molecule has 1 saturated heterocycles. The topological polar surface area (TPSA) is 61.4 Å². The first-order valence-corrected chi connectivity index (χ1v) is 11.8. The fourth-order valence-corrected chi connectivity index (χ4v) is 4.41. The van der Waals surface area contributed by atoms with Crippen LogP contribution < -0.4 is 10.6 Å². The maximum absolute atomic E-state index is 13.3. The van der Waals surface area contributed by atoms with Gasteiger partial charge in [0.15, 0.2) is 0 Å². The van der Waals surface area contributed by atoms with Gasteiger partial charge >= 0.3 is 0 Å². The predicted octanol–water partition coefficient (Wildman–Crippen LogP) is 4.72. The number of piperidine rings is 1. The fraction of sp³-hybridized carbons (Fsp3) is 0.286. The number of nitrogens with one attached hydrogen (secondary N) is 2. The molecule has 3 aromatic rings. The van der Waals surface area contributed by atoms with Crippen molar-refractivity contribution >= 4 is 17.5 Å². The highest BCUT2D eigenvalue weighted by Gasteiger charge is 2.31. The van der Waals surface area contributed by atoms with Gasteiger partial charge in [-0.05, 0) is 54.7 Å². The van der Waals surface area contributed by atoms with Gasteiger partial charge in [-0.1, -0.05) is 60.7 Å². The van der Waals surface area contributed by atoms with E-state index in [2.05, 4.69) is 15.5 Å². The Balaban J connectivity index is 1.34. The van der Waals surface area contributed by atoms with Gasteiger partial charge in [0.25, 0.3) is 0 Å². The van der Waals surface area contributed by atoms with Gasteiger partial charge < -0.3 is 10.6 Å². The van der Waals surface area contributed by atoms with Crippen molar-refractivity contribution in [3.63, 3.8) is 0 Å². The standard InChI is InChI=1S/C28H30FN3O2/c29-23-12-14-24(15-13-23)31-28(34)27(22-9-5-2-6-10-22)32-19-17-25(18-20-32)30-26(33)16-11-21-7-3-1-4-8-21/h1-10,12-15,25,27H,11,16-20H2,(H,30,33)(H,31,34). The van der Waals surface area contributed by atoms with E-state index in [1.165, 1.54) is 12.1 Å². The Morgan fingerprint density at radius 2 is 1.50 bits per heavy atom. The molecule has 3 aromatic carbocycles. The Morgan fingerprint density at radius 1 is 0.882 bits per heavy atom. The molecule has 1 unspecified atom stereocenters. The molecule has 1 aliphatic rings. The molecular weight excluding hydrogens is 429 g/mol. The number of anilines is 1. The third-order valence-electron chi connectivity index (χ3n) is 6.22. The number of likely N-dealkylation sites (tertiary alicyclic amines) is 1. The number of carbonyl (C=O) groups is 2. The van der Waals surface area contributed by atoms with Gasteiger partial charge in [-0.25, -0.2) is 4.39 Å². The van der Waals surface area contributed by atoms with Crippen molar-refractivity contribution in [2.45, 2.75) is 37.8 Å². The first-order valence-electron chi connectivity index (χ1n) is 11.8. The molecule has 2 amide bonds. The van der Waals surface area contributed by atoms with E-state index < -0.39 is 6.04 Å². The van der Waals surface area contributed by atoms with Crippen molar-refractivity contribution < 1.29 is 14.0 Å². The SMILES string of the molecule is O=C(CCc1ccccc1)NC1CCN(C(C(=O)Nc2ccc(F)cc2)c2ccccc2)CC1. The zero-order valence-electron chi connectivity index (χ0n) is 19.1. The molecule has 2 N–H and O–H groups in total. The molecule has 176 valence electrons. The summed E-state index contributed by atoms with van der Waals surface area (Å²) in [5.41, 5.74) is 2.63. The molecule has 34 heavy (non-hydrogen) atoms. The number of aryl methyl sites for hydroxylation is 1. The van der Waals surface area contributed by atoms with E-state index >= 15 is 0 Å². The first kappa shape index (κ1) is 23.6. The van der Waals surface area contributed by atoms with E-state index in [1.54, 1.807) is 12.1 Å². The minimum absolute atomic E-state index is 0.0657. The van der Waals surface area contributed by atoms with Gasteiger partial charge in [0.1, 0.15) is 11.9 Å². The van der Waals surface area contributed by atoms with E-state index in [0.29, 0.717) is 25.2 Å². The van der Waals surface area contributed by atoms with Crippen molar-refractivity contribution in [3.05, 3.63) is 102 Å². The number of hydrogen-bond donors (Lipinski definition) is 2. The molecule has 5 nitrogen and oxygen atoms in total. The average molecular weight is 460 g/mol. The summed E-state index contributed by atoms with van der Waals surface area (Å²) in [5, 5.41) is 6.08. The highest BCUT2D eigenvalue weighted by molar-refractivity contribution is 5.95. The van der Waals surface area contributed by atoms with Crippen LogP contribution in [0.4, 0.5) is 10.1 Å². The highest BCUT2D eigenvalue weighted by Crippen LogP contribution is 2.26. The molecule has 4 rings (SSSR count). The quantitative estimate of drug-likeness (QED) is 0.513. The molecular formula is C28H30FN3O2. The van der Waals surface area contributed by atoms with Crippen LogP contribution in [0.3, 0.4) is 0 Å². The van der Waals surface area contributed by atoms with E-state index in [4.69, 9.17) is 0 Å². The number of hydrogen-bond acceptors (Lipinski definition) is 3. The van der Waals surface area contributed by atoms with Crippen molar-refractivity contribution in [2.75, 3.05) is 18.4 Å². The maximum Gasteiger partial charge on any atom is 0.246 e. The van der Waals surface area contributed by atoms with E-state index in [1.807, 2.05) is 60.7 Å². The number of carbonyl (C=O) groups excluding carboxylic acids is 2. The Kier molecular flexibility index (Phi) is 8.04. The lowest BCUT2D eigenvalue weighted by Gasteiger charge is -2.37. The zero-order valence-corrected chi connectivity index (χ0v) is 19.1. The summed E-state index contributed by atoms with van der Waals surface area (Å²) in [6.07, 6.45) is 2.76.